The van der Waals surface area contributed by atoms with E-state index in [-0.39, 0.29) is 52.0 Å². The first-order valence-corrected chi connectivity index (χ1v) is 13.3. The van der Waals surface area contributed by atoms with Gasteiger partial charge < -0.3 is 10.6 Å². The van der Waals surface area contributed by atoms with Crippen molar-refractivity contribution < 1.29 is 17.6 Å². The number of alkyl halides is 3. The average molecular weight is 594 g/mol. The molecule has 222 valence electrons. The summed E-state index contributed by atoms with van der Waals surface area (Å²) < 4.78 is 56.1. The third-order valence-corrected chi connectivity index (χ3v) is 7.37. The van der Waals surface area contributed by atoms with Gasteiger partial charge in [0.05, 0.1) is 22.3 Å². The minimum atomic E-state index is -4.68. The highest BCUT2D eigenvalue weighted by Gasteiger charge is 2.66. The van der Waals surface area contributed by atoms with Gasteiger partial charge in [0.25, 0.3) is 5.56 Å². The van der Waals surface area contributed by atoms with Crippen LogP contribution in [0.4, 0.5) is 28.9 Å². The van der Waals surface area contributed by atoms with Gasteiger partial charge in [-0.3, -0.25) is 9.78 Å². The standard InChI is InChI=1S/C29H27F4N9O/c1-15-19(5-6-21(30)38-15)24(25-26(43)42(41-40-25)28(7-8-28)29(31,32)33)39-18-9-16(11-34)22-20(10-18)23(17(12-35)13-36-22)37-14-27(2,3)4/h5-6,9-10,13,24,39,41H,7-8,14H2,1-4H3,(H,36,37)/t24-/m0/s1. The van der Waals surface area contributed by atoms with Crippen molar-refractivity contribution in [2.45, 2.75) is 58.3 Å². The lowest BCUT2D eigenvalue weighted by atomic mass is 9.96. The van der Waals surface area contributed by atoms with E-state index in [0.29, 0.717) is 27.8 Å². The zero-order valence-electron chi connectivity index (χ0n) is 23.7. The van der Waals surface area contributed by atoms with E-state index in [9.17, 15) is 32.9 Å². The van der Waals surface area contributed by atoms with Gasteiger partial charge in [-0.25, -0.2) is 14.9 Å². The Labute approximate surface area is 243 Å². The second kappa shape index (κ2) is 10.4. The van der Waals surface area contributed by atoms with E-state index in [0.717, 1.165) is 6.07 Å². The van der Waals surface area contributed by atoms with E-state index < -0.39 is 29.3 Å². The molecule has 3 heterocycles. The van der Waals surface area contributed by atoms with Crippen LogP contribution < -0.4 is 16.2 Å². The summed E-state index contributed by atoms with van der Waals surface area (Å²) in [5, 5.41) is 32.8. The Morgan fingerprint density at radius 3 is 2.42 bits per heavy atom. The molecule has 43 heavy (non-hydrogen) atoms. The van der Waals surface area contributed by atoms with E-state index in [1.54, 1.807) is 6.07 Å². The van der Waals surface area contributed by atoms with Crippen LogP contribution >= 0.6 is 0 Å². The fraction of sp³-hybridized carbons (Fsp3) is 0.379. The topological polar surface area (TPSA) is 148 Å². The SMILES string of the molecule is Cc1nc(F)ccc1[C@H](Nc1cc(C#N)c2ncc(C#N)c(NCC(C)(C)C)c2c1)c1n[nH]n(C2(C(F)(F)F)CC2)c1=O. The summed E-state index contributed by atoms with van der Waals surface area (Å²) in [5.74, 6) is -0.782. The van der Waals surface area contributed by atoms with Gasteiger partial charge in [-0.1, -0.05) is 26.8 Å². The Balaban J connectivity index is 1.68. The summed E-state index contributed by atoms with van der Waals surface area (Å²) in [5.41, 5.74) is -1.96. The first kappa shape index (κ1) is 29.5. The number of pyridine rings is 2. The molecule has 5 rings (SSSR count). The van der Waals surface area contributed by atoms with E-state index in [1.165, 1.54) is 25.3 Å². The zero-order chi connectivity index (χ0) is 31.3. The second-order valence-corrected chi connectivity index (χ2v) is 11.8. The van der Waals surface area contributed by atoms with Crippen molar-refractivity contribution in [3.63, 3.8) is 0 Å². The number of aromatic amines is 1. The first-order valence-electron chi connectivity index (χ1n) is 13.3. The normalized spacial score (nSPS) is 15.0. The molecule has 1 fully saturated rings. The molecule has 0 unspecified atom stereocenters. The molecule has 0 bridgehead atoms. The van der Waals surface area contributed by atoms with Crippen LogP contribution in [0.2, 0.25) is 0 Å². The van der Waals surface area contributed by atoms with Gasteiger partial charge in [0, 0.05) is 35.1 Å². The lowest BCUT2D eigenvalue weighted by Crippen LogP contribution is -2.41. The van der Waals surface area contributed by atoms with Gasteiger partial charge >= 0.3 is 6.18 Å². The van der Waals surface area contributed by atoms with Crippen molar-refractivity contribution in [2.75, 3.05) is 17.2 Å². The summed E-state index contributed by atoms with van der Waals surface area (Å²) >= 11 is 0. The van der Waals surface area contributed by atoms with Crippen LogP contribution in [0.1, 0.15) is 67.7 Å². The van der Waals surface area contributed by atoms with Crippen molar-refractivity contribution in [1.29, 1.82) is 10.5 Å². The Bertz CT molecular complexity index is 1870. The summed E-state index contributed by atoms with van der Waals surface area (Å²) in [6, 6.07) is 8.53. The molecule has 0 saturated heterocycles. The monoisotopic (exact) mass is 593 g/mol. The van der Waals surface area contributed by atoms with Crippen molar-refractivity contribution in [2.24, 2.45) is 5.41 Å². The quantitative estimate of drug-likeness (QED) is 0.190. The second-order valence-electron chi connectivity index (χ2n) is 11.8. The molecule has 0 radical (unpaired) electrons. The molecule has 3 N–H and O–H groups in total. The summed E-state index contributed by atoms with van der Waals surface area (Å²) in [6.07, 6.45) is -3.86. The number of nitrogens with zero attached hydrogens (tertiary/aromatic N) is 6. The highest BCUT2D eigenvalue weighted by molar-refractivity contribution is 5.99. The number of benzene rings is 1. The molecule has 14 heteroatoms. The fourth-order valence-electron chi connectivity index (χ4n) is 4.95. The molecule has 0 amide bonds. The van der Waals surface area contributed by atoms with Crippen molar-refractivity contribution >= 4 is 22.3 Å². The maximum Gasteiger partial charge on any atom is 0.413 e. The molecule has 1 aromatic carbocycles. The first-order chi connectivity index (χ1) is 20.2. The number of halogens is 4. The number of hydrogen-bond donors (Lipinski definition) is 3. The number of nitriles is 2. The lowest BCUT2D eigenvalue weighted by Gasteiger charge is -2.23. The van der Waals surface area contributed by atoms with E-state index in [2.05, 4.69) is 43.1 Å². The third kappa shape index (κ3) is 5.36. The maximum atomic E-state index is 13.9. The summed E-state index contributed by atoms with van der Waals surface area (Å²) in [4.78, 5) is 21.6. The summed E-state index contributed by atoms with van der Waals surface area (Å²) in [6.45, 7) is 8.00. The number of nitrogens with one attached hydrogen (secondary N) is 3. The Hall–Kier alpha value is -4.98. The zero-order valence-corrected chi connectivity index (χ0v) is 23.7. The molecule has 1 saturated carbocycles. The van der Waals surface area contributed by atoms with E-state index in [1.807, 2.05) is 20.8 Å². The number of hydrogen-bond acceptors (Lipinski definition) is 8. The molecule has 10 nitrogen and oxygen atoms in total. The van der Waals surface area contributed by atoms with Crippen LogP contribution in [0.5, 0.6) is 0 Å². The lowest BCUT2D eigenvalue weighted by molar-refractivity contribution is -0.183. The largest absolute Gasteiger partial charge is 0.413 e. The minimum absolute atomic E-state index is 0.143. The van der Waals surface area contributed by atoms with Gasteiger partial charge in [-0.05, 0) is 43.4 Å². The number of aromatic nitrogens is 5. The van der Waals surface area contributed by atoms with Crippen LogP contribution in [-0.4, -0.2) is 37.7 Å². The molecular weight excluding hydrogens is 566 g/mol. The number of H-pyrrole nitrogens is 1. The van der Waals surface area contributed by atoms with Crippen molar-refractivity contribution in [1.82, 2.24) is 25.0 Å². The third-order valence-electron chi connectivity index (χ3n) is 7.37. The van der Waals surface area contributed by atoms with Crippen LogP contribution in [-0.2, 0) is 5.54 Å². The van der Waals surface area contributed by atoms with Gasteiger partial charge in [-0.2, -0.15) is 33.2 Å². The van der Waals surface area contributed by atoms with Crippen LogP contribution in [0, 0.1) is 40.9 Å². The van der Waals surface area contributed by atoms with Crippen molar-refractivity contribution in [3.8, 4) is 12.1 Å². The Kier molecular flexibility index (Phi) is 7.12. The number of anilines is 2. The maximum absolute atomic E-state index is 13.9. The molecule has 1 atom stereocenters. The number of aryl methyl sites for hydroxylation is 1. The van der Waals surface area contributed by atoms with Gasteiger partial charge in [0.15, 0.2) is 11.2 Å². The highest BCUT2D eigenvalue weighted by Crippen LogP contribution is 2.54. The van der Waals surface area contributed by atoms with E-state index >= 15 is 0 Å². The smallest absolute Gasteiger partial charge is 0.383 e. The Morgan fingerprint density at radius 2 is 1.84 bits per heavy atom. The predicted octanol–water partition coefficient (Wildman–Crippen LogP) is 5.42. The van der Waals surface area contributed by atoms with Gasteiger partial charge in [-0.15, -0.1) is 0 Å². The fourth-order valence-corrected chi connectivity index (χ4v) is 4.95. The van der Waals surface area contributed by atoms with Gasteiger partial charge in [0.2, 0.25) is 5.95 Å². The average Bonchev–Trinajstić information content (AvgIpc) is 3.66. The summed E-state index contributed by atoms with van der Waals surface area (Å²) in [7, 11) is 0. The van der Waals surface area contributed by atoms with Gasteiger partial charge in [0.1, 0.15) is 18.2 Å². The predicted molar refractivity (Wildman–Crippen MR) is 150 cm³/mol. The molecule has 0 spiro atoms. The highest BCUT2D eigenvalue weighted by atomic mass is 19.4. The Morgan fingerprint density at radius 1 is 1.14 bits per heavy atom. The van der Waals surface area contributed by atoms with Crippen molar-refractivity contribution in [3.05, 3.63) is 74.8 Å². The molecule has 3 aromatic heterocycles. The van der Waals surface area contributed by atoms with E-state index in [4.69, 9.17) is 0 Å². The molecule has 4 aromatic rings. The molecule has 1 aliphatic rings. The molecule has 0 aliphatic heterocycles. The molecule has 1 aliphatic carbocycles. The van der Waals surface area contributed by atoms with Crippen LogP contribution in [0.25, 0.3) is 10.9 Å². The number of rotatable bonds is 7. The van der Waals surface area contributed by atoms with Crippen LogP contribution in [0.3, 0.4) is 0 Å². The number of fused-ring (bicyclic) bond motifs is 1. The molecular formula is C29H27F4N9O. The van der Waals surface area contributed by atoms with Crippen LogP contribution in [0.15, 0.2) is 35.3 Å². The minimum Gasteiger partial charge on any atom is -0.383 e.